The maximum Gasteiger partial charge on any atom is 0.243 e. The van der Waals surface area contributed by atoms with Crippen LogP contribution in [0.15, 0.2) is 48.5 Å². The van der Waals surface area contributed by atoms with Gasteiger partial charge < -0.3 is 4.74 Å². The number of carbonyl (C=O) groups is 1. The molecule has 1 aromatic heterocycles. The molecule has 0 aliphatic rings. The van der Waals surface area contributed by atoms with Crippen molar-refractivity contribution >= 4 is 28.8 Å². The number of amides is 1. The van der Waals surface area contributed by atoms with Crippen molar-refractivity contribution < 1.29 is 14.7 Å². The first kappa shape index (κ1) is 21.2. The zero-order valence-corrected chi connectivity index (χ0v) is 17.4. The molecule has 0 spiro atoms. The van der Waals surface area contributed by atoms with Gasteiger partial charge in [-0.3, -0.25) is 10.0 Å². The summed E-state index contributed by atoms with van der Waals surface area (Å²) in [4.78, 5) is 10.9. The van der Waals surface area contributed by atoms with Crippen molar-refractivity contribution in [2.45, 2.75) is 32.1 Å². The molecule has 8 heteroatoms. The van der Waals surface area contributed by atoms with E-state index in [2.05, 4.69) is 10.2 Å². The maximum atomic E-state index is 10.9. The number of nitrogens with zero attached hydrogens (tertiary/aromatic N) is 2. The molecule has 3 rings (SSSR count). The molecule has 2 N–H and O–H groups in total. The smallest absolute Gasteiger partial charge is 0.243 e. The minimum Gasteiger partial charge on any atom is -0.494 e. The van der Waals surface area contributed by atoms with Crippen molar-refractivity contribution in [3.63, 3.8) is 0 Å². The van der Waals surface area contributed by atoms with E-state index in [0.717, 1.165) is 52.6 Å². The second-order valence-corrected chi connectivity index (χ2v) is 7.85. The van der Waals surface area contributed by atoms with Crippen LogP contribution in [0.25, 0.3) is 21.1 Å². The Bertz CT molecular complexity index is 931. The van der Waals surface area contributed by atoms with Crippen LogP contribution in [0.5, 0.6) is 5.75 Å². The van der Waals surface area contributed by atoms with Gasteiger partial charge in [-0.15, -0.1) is 10.2 Å². The molecular weight excluding hydrogens is 410 g/mol. The number of hydroxylamine groups is 1. The zero-order valence-electron chi connectivity index (χ0n) is 15.8. The average molecular weight is 432 g/mol. The number of ether oxygens (including phenoxy) is 1. The van der Waals surface area contributed by atoms with Gasteiger partial charge in [-0.1, -0.05) is 54.0 Å². The van der Waals surface area contributed by atoms with Gasteiger partial charge in [0.15, 0.2) is 0 Å². The fourth-order valence-corrected chi connectivity index (χ4v) is 3.93. The highest BCUT2D eigenvalue weighted by molar-refractivity contribution is 7.18. The predicted molar refractivity (Wildman–Crippen MR) is 114 cm³/mol. The lowest BCUT2D eigenvalue weighted by atomic mass is 10.1. The minimum atomic E-state index is -0.337. The quantitative estimate of drug-likeness (QED) is 0.256. The van der Waals surface area contributed by atoms with E-state index in [-0.39, 0.29) is 5.91 Å². The Morgan fingerprint density at radius 2 is 1.72 bits per heavy atom. The highest BCUT2D eigenvalue weighted by atomic mass is 35.5. The standard InChI is InChI=1S/C21H22ClN3O3S/c22-18-8-5-4-7-17(18)21-24-23-20(29-21)15-10-12-16(13-11-15)28-14-6-2-1-3-9-19(26)25-27/h4-5,7-8,10-13,27H,1-3,6,9,14H2,(H,25,26). The van der Waals surface area contributed by atoms with Crippen LogP contribution in [0.4, 0.5) is 0 Å². The van der Waals surface area contributed by atoms with E-state index >= 15 is 0 Å². The maximum absolute atomic E-state index is 10.9. The van der Waals surface area contributed by atoms with E-state index in [4.69, 9.17) is 21.5 Å². The van der Waals surface area contributed by atoms with Crippen LogP contribution in [0.2, 0.25) is 5.02 Å². The zero-order chi connectivity index (χ0) is 20.5. The molecule has 6 nitrogen and oxygen atoms in total. The molecule has 0 fully saturated rings. The fraction of sp³-hybridized carbons (Fsp3) is 0.286. The predicted octanol–water partition coefficient (Wildman–Crippen LogP) is 5.36. The Balaban J connectivity index is 1.46. The third-order valence-corrected chi connectivity index (χ3v) is 5.66. The van der Waals surface area contributed by atoms with Gasteiger partial charge in [-0.2, -0.15) is 0 Å². The van der Waals surface area contributed by atoms with Crippen LogP contribution < -0.4 is 10.2 Å². The molecule has 0 unspecified atom stereocenters. The Morgan fingerprint density at radius 1 is 1.00 bits per heavy atom. The lowest BCUT2D eigenvalue weighted by molar-refractivity contribution is -0.129. The first-order chi connectivity index (χ1) is 14.2. The fourth-order valence-electron chi connectivity index (χ4n) is 2.76. The van der Waals surface area contributed by atoms with Crippen LogP contribution in [0.1, 0.15) is 32.1 Å². The topological polar surface area (TPSA) is 84.3 Å². The van der Waals surface area contributed by atoms with E-state index < -0.39 is 0 Å². The number of carbonyl (C=O) groups excluding carboxylic acids is 1. The van der Waals surface area contributed by atoms with Gasteiger partial charge in [0.1, 0.15) is 15.8 Å². The third-order valence-electron chi connectivity index (χ3n) is 4.32. The van der Waals surface area contributed by atoms with Crippen molar-refractivity contribution in [3.8, 4) is 26.9 Å². The summed E-state index contributed by atoms with van der Waals surface area (Å²) in [6, 6.07) is 15.4. The Morgan fingerprint density at radius 3 is 2.48 bits per heavy atom. The SMILES string of the molecule is O=C(CCCCCCOc1ccc(-c2nnc(-c3ccccc3Cl)s2)cc1)NO. The highest BCUT2D eigenvalue weighted by Crippen LogP contribution is 2.34. The molecule has 1 amide bonds. The molecular formula is C21H22ClN3O3S. The number of rotatable bonds is 10. The molecule has 1 heterocycles. The van der Waals surface area contributed by atoms with Gasteiger partial charge in [0.2, 0.25) is 5.91 Å². The molecule has 0 bridgehead atoms. The number of hydrogen-bond acceptors (Lipinski definition) is 6. The van der Waals surface area contributed by atoms with E-state index in [1.807, 2.05) is 48.5 Å². The summed E-state index contributed by atoms with van der Waals surface area (Å²) in [7, 11) is 0. The highest BCUT2D eigenvalue weighted by Gasteiger charge is 2.11. The monoisotopic (exact) mass is 431 g/mol. The van der Waals surface area contributed by atoms with Gasteiger partial charge in [-0.25, -0.2) is 5.48 Å². The summed E-state index contributed by atoms with van der Waals surface area (Å²) in [5.41, 5.74) is 3.51. The molecule has 0 radical (unpaired) electrons. The van der Waals surface area contributed by atoms with E-state index in [9.17, 15) is 4.79 Å². The van der Waals surface area contributed by atoms with Crippen molar-refractivity contribution in [2.24, 2.45) is 0 Å². The summed E-state index contributed by atoms with van der Waals surface area (Å²) < 4.78 is 5.77. The van der Waals surface area contributed by atoms with Crippen molar-refractivity contribution in [1.29, 1.82) is 0 Å². The molecule has 0 aliphatic carbocycles. The van der Waals surface area contributed by atoms with E-state index in [0.29, 0.717) is 18.1 Å². The summed E-state index contributed by atoms with van der Waals surface area (Å²) in [6.07, 6.45) is 3.94. The summed E-state index contributed by atoms with van der Waals surface area (Å²) >= 11 is 7.74. The second kappa shape index (κ2) is 10.9. The summed E-state index contributed by atoms with van der Waals surface area (Å²) in [6.45, 7) is 0.626. The van der Waals surface area contributed by atoms with Gasteiger partial charge >= 0.3 is 0 Å². The Labute approximate surface area is 178 Å². The summed E-state index contributed by atoms with van der Waals surface area (Å²) in [5.74, 6) is 0.472. The normalized spacial score (nSPS) is 10.7. The second-order valence-electron chi connectivity index (χ2n) is 6.46. The van der Waals surface area contributed by atoms with Crippen LogP contribution >= 0.6 is 22.9 Å². The largest absolute Gasteiger partial charge is 0.494 e. The molecule has 3 aromatic rings. The van der Waals surface area contributed by atoms with E-state index in [1.54, 1.807) is 5.48 Å². The molecule has 0 saturated carbocycles. The van der Waals surface area contributed by atoms with Crippen LogP contribution in [0.3, 0.4) is 0 Å². The van der Waals surface area contributed by atoms with E-state index in [1.165, 1.54) is 11.3 Å². The van der Waals surface area contributed by atoms with Gasteiger partial charge in [0, 0.05) is 17.5 Å². The van der Waals surface area contributed by atoms with Crippen molar-refractivity contribution in [1.82, 2.24) is 15.7 Å². The Kier molecular flexibility index (Phi) is 7.98. The molecule has 152 valence electrons. The number of benzene rings is 2. The first-order valence-electron chi connectivity index (χ1n) is 9.42. The number of unbranched alkanes of at least 4 members (excludes halogenated alkanes) is 3. The minimum absolute atomic E-state index is 0.337. The lowest BCUT2D eigenvalue weighted by Gasteiger charge is -2.06. The number of hydrogen-bond donors (Lipinski definition) is 2. The third kappa shape index (κ3) is 6.25. The van der Waals surface area contributed by atoms with Crippen molar-refractivity contribution in [2.75, 3.05) is 6.61 Å². The lowest BCUT2D eigenvalue weighted by Crippen LogP contribution is -2.17. The van der Waals surface area contributed by atoms with Crippen molar-refractivity contribution in [3.05, 3.63) is 53.6 Å². The Hall–Kier alpha value is -2.48. The van der Waals surface area contributed by atoms with Gasteiger partial charge in [0.05, 0.1) is 11.6 Å². The van der Waals surface area contributed by atoms with Crippen LogP contribution in [0, 0.1) is 0 Å². The molecule has 0 aliphatic heterocycles. The molecule has 2 aromatic carbocycles. The first-order valence-corrected chi connectivity index (χ1v) is 10.6. The van der Waals surface area contributed by atoms with Gasteiger partial charge in [-0.05, 0) is 43.2 Å². The van der Waals surface area contributed by atoms with Crippen LogP contribution in [-0.4, -0.2) is 27.9 Å². The molecule has 29 heavy (non-hydrogen) atoms. The molecule has 0 atom stereocenters. The number of aromatic nitrogens is 2. The van der Waals surface area contributed by atoms with Crippen LogP contribution in [-0.2, 0) is 4.79 Å². The average Bonchev–Trinajstić information content (AvgIpc) is 3.23. The number of nitrogens with one attached hydrogen (secondary N) is 1. The molecule has 0 saturated heterocycles. The van der Waals surface area contributed by atoms with Gasteiger partial charge in [0.25, 0.3) is 0 Å². The number of halogens is 1. The summed E-state index contributed by atoms with van der Waals surface area (Å²) in [5, 5.41) is 19.3.